The number of rotatable bonds is 8. The van der Waals surface area contributed by atoms with Crippen LogP contribution in [0.1, 0.15) is 12.8 Å². The van der Waals surface area contributed by atoms with Crippen molar-refractivity contribution >= 4 is 0 Å². The number of hydrogen-bond donors (Lipinski definition) is 1. The summed E-state index contributed by atoms with van der Waals surface area (Å²) in [5.74, 6) is 0. The second-order valence-electron chi connectivity index (χ2n) is 2.73. The fourth-order valence-corrected chi connectivity index (χ4v) is 0.753. The van der Waals surface area contributed by atoms with E-state index in [1.54, 1.807) is 0 Å². The number of nitrogens with two attached hydrogens (primary N) is 1. The van der Waals surface area contributed by atoms with Crippen molar-refractivity contribution in [2.75, 3.05) is 26.4 Å². The predicted molar refractivity (Wildman–Crippen MR) is 50.1 cm³/mol. The Bertz CT molecular complexity index is 185. The lowest BCUT2D eigenvalue weighted by Gasteiger charge is -2.11. The Morgan fingerprint density at radius 1 is 1.00 bits per heavy atom. The lowest BCUT2D eigenvalue weighted by molar-refractivity contribution is 0.0716. The van der Waals surface area contributed by atoms with Crippen molar-refractivity contribution in [2.24, 2.45) is 5.73 Å². The van der Waals surface area contributed by atoms with Crippen LogP contribution in [0.4, 0.5) is 0 Å². The second kappa shape index (κ2) is 9.94. The van der Waals surface area contributed by atoms with Crippen LogP contribution in [0.25, 0.3) is 0 Å². The summed E-state index contributed by atoms with van der Waals surface area (Å²) in [6.45, 7) is 1.58. The van der Waals surface area contributed by atoms with Gasteiger partial charge in [-0.25, -0.2) is 0 Å². The molecule has 0 radical (unpaired) electrons. The molecular weight excluding hydrogens is 182 g/mol. The maximum absolute atomic E-state index is 8.22. The molecule has 0 heterocycles. The molecule has 0 fully saturated rings. The van der Waals surface area contributed by atoms with Gasteiger partial charge in [-0.2, -0.15) is 10.5 Å². The number of ether oxygens (including phenoxy) is 2. The maximum Gasteiger partial charge on any atom is 0.0645 e. The van der Waals surface area contributed by atoms with E-state index in [4.69, 9.17) is 25.7 Å². The summed E-state index contributed by atoms with van der Waals surface area (Å²) in [5, 5.41) is 16.4. The Kier molecular flexibility index (Phi) is 9.13. The molecule has 0 rings (SSSR count). The first kappa shape index (κ1) is 12.9. The van der Waals surface area contributed by atoms with Crippen LogP contribution in [-0.4, -0.2) is 32.5 Å². The van der Waals surface area contributed by atoms with Gasteiger partial charge in [-0.3, -0.25) is 0 Å². The molecule has 5 nitrogen and oxygen atoms in total. The van der Waals surface area contributed by atoms with Crippen LogP contribution in [0.5, 0.6) is 0 Å². The fourth-order valence-electron chi connectivity index (χ4n) is 0.753. The first-order valence-corrected chi connectivity index (χ1v) is 4.46. The van der Waals surface area contributed by atoms with Gasteiger partial charge in [-0.1, -0.05) is 0 Å². The number of nitriles is 2. The Morgan fingerprint density at radius 3 is 1.79 bits per heavy atom. The zero-order valence-corrected chi connectivity index (χ0v) is 8.11. The van der Waals surface area contributed by atoms with E-state index in [1.807, 2.05) is 12.1 Å². The van der Waals surface area contributed by atoms with Crippen LogP contribution in [0.2, 0.25) is 0 Å². The number of nitrogens with zero attached hydrogens (tertiary/aromatic N) is 2. The third kappa shape index (κ3) is 8.95. The average molecular weight is 197 g/mol. The molecule has 0 aromatic rings. The van der Waals surface area contributed by atoms with Gasteiger partial charge in [-0.05, 0) is 0 Å². The Labute approximate surface area is 84.0 Å². The molecule has 0 aliphatic rings. The van der Waals surface area contributed by atoms with E-state index in [0.717, 1.165) is 0 Å². The molecule has 0 aliphatic carbocycles. The van der Waals surface area contributed by atoms with Crippen LogP contribution in [-0.2, 0) is 9.47 Å². The SMILES string of the molecule is N#CCCOCC(N)COCCC#N. The summed E-state index contributed by atoms with van der Waals surface area (Å²) >= 11 is 0. The highest BCUT2D eigenvalue weighted by molar-refractivity contribution is 4.69. The van der Waals surface area contributed by atoms with Crippen LogP contribution in [0, 0.1) is 22.7 Å². The summed E-state index contributed by atoms with van der Waals surface area (Å²) in [6, 6.07) is 3.75. The van der Waals surface area contributed by atoms with Gasteiger partial charge in [0, 0.05) is 0 Å². The van der Waals surface area contributed by atoms with Crippen molar-refractivity contribution in [3.8, 4) is 12.1 Å². The maximum atomic E-state index is 8.22. The monoisotopic (exact) mass is 197 g/mol. The van der Waals surface area contributed by atoms with E-state index in [1.165, 1.54) is 0 Å². The molecule has 0 bridgehead atoms. The molecule has 78 valence electrons. The van der Waals surface area contributed by atoms with Gasteiger partial charge in [0.05, 0.1) is 57.4 Å². The fraction of sp³-hybridized carbons (Fsp3) is 0.778. The molecular formula is C9H15N3O2. The summed E-state index contributed by atoms with van der Waals surface area (Å²) in [6.07, 6.45) is 0.754. The van der Waals surface area contributed by atoms with Crippen molar-refractivity contribution < 1.29 is 9.47 Å². The predicted octanol–water partition coefficient (Wildman–Crippen LogP) is 0.174. The highest BCUT2D eigenvalue weighted by Gasteiger charge is 2.01. The van der Waals surface area contributed by atoms with E-state index in [0.29, 0.717) is 39.3 Å². The lowest BCUT2D eigenvalue weighted by Crippen LogP contribution is -2.31. The van der Waals surface area contributed by atoms with Gasteiger partial charge in [0.1, 0.15) is 0 Å². The zero-order chi connectivity index (χ0) is 10.6. The molecule has 0 aromatic carbocycles. The number of hydrogen-bond acceptors (Lipinski definition) is 5. The third-order valence-corrected chi connectivity index (χ3v) is 1.38. The van der Waals surface area contributed by atoms with Gasteiger partial charge in [-0.15, -0.1) is 0 Å². The first-order chi connectivity index (χ1) is 6.81. The van der Waals surface area contributed by atoms with Crippen molar-refractivity contribution in [1.82, 2.24) is 0 Å². The highest BCUT2D eigenvalue weighted by atomic mass is 16.5. The lowest BCUT2D eigenvalue weighted by atomic mass is 10.3. The zero-order valence-electron chi connectivity index (χ0n) is 8.11. The quantitative estimate of drug-likeness (QED) is 0.560. The minimum absolute atomic E-state index is 0.188. The topological polar surface area (TPSA) is 92.1 Å². The minimum atomic E-state index is -0.188. The van der Waals surface area contributed by atoms with Gasteiger partial charge in [0.2, 0.25) is 0 Å². The van der Waals surface area contributed by atoms with Crippen molar-refractivity contribution in [1.29, 1.82) is 10.5 Å². The Hall–Kier alpha value is -1.14. The van der Waals surface area contributed by atoms with Gasteiger partial charge in [0.25, 0.3) is 0 Å². The molecule has 0 amide bonds. The van der Waals surface area contributed by atoms with Gasteiger partial charge in [0.15, 0.2) is 0 Å². The van der Waals surface area contributed by atoms with Gasteiger partial charge >= 0.3 is 0 Å². The van der Waals surface area contributed by atoms with E-state index in [2.05, 4.69) is 0 Å². The summed E-state index contributed by atoms with van der Waals surface area (Å²) in [5.41, 5.74) is 5.62. The van der Waals surface area contributed by atoms with Crippen LogP contribution < -0.4 is 5.73 Å². The van der Waals surface area contributed by atoms with E-state index in [9.17, 15) is 0 Å². The van der Waals surface area contributed by atoms with Crippen LogP contribution in [0.15, 0.2) is 0 Å². The molecule has 0 atom stereocenters. The Balaban J connectivity index is 3.16. The summed E-state index contributed by atoms with van der Waals surface area (Å²) in [4.78, 5) is 0. The smallest absolute Gasteiger partial charge is 0.0645 e. The molecule has 0 saturated heterocycles. The van der Waals surface area contributed by atoms with Crippen molar-refractivity contribution in [3.05, 3.63) is 0 Å². The molecule has 5 heteroatoms. The highest BCUT2D eigenvalue weighted by Crippen LogP contribution is 1.88. The summed E-state index contributed by atoms with van der Waals surface area (Å²) < 4.78 is 10.2. The van der Waals surface area contributed by atoms with Crippen molar-refractivity contribution in [2.45, 2.75) is 18.9 Å². The molecule has 0 unspecified atom stereocenters. The molecule has 14 heavy (non-hydrogen) atoms. The normalized spacial score (nSPS) is 9.71. The van der Waals surface area contributed by atoms with Gasteiger partial charge < -0.3 is 15.2 Å². The van der Waals surface area contributed by atoms with Crippen molar-refractivity contribution in [3.63, 3.8) is 0 Å². The second-order valence-corrected chi connectivity index (χ2v) is 2.73. The molecule has 0 aromatic heterocycles. The average Bonchev–Trinajstić information content (AvgIpc) is 2.19. The van der Waals surface area contributed by atoms with E-state index in [-0.39, 0.29) is 6.04 Å². The summed E-state index contributed by atoms with van der Waals surface area (Å²) in [7, 11) is 0. The first-order valence-electron chi connectivity index (χ1n) is 4.46. The van der Waals surface area contributed by atoms with Crippen LogP contribution in [0.3, 0.4) is 0 Å². The van der Waals surface area contributed by atoms with E-state index < -0.39 is 0 Å². The molecule has 0 saturated carbocycles. The largest absolute Gasteiger partial charge is 0.379 e. The molecule has 2 N–H and O–H groups in total. The molecule has 0 spiro atoms. The Morgan fingerprint density at radius 2 is 1.43 bits per heavy atom. The third-order valence-electron chi connectivity index (χ3n) is 1.38. The standard InChI is InChI=1S/C9H15N3O2/c10-3-1-5-13-7-9(12)8-14-6-2-4-11/h9H,1-2,5-8,12H2. The molecule has 0 aliphatic heterocycles. The minimum Gasteiger partial charge on any atom is -0.379 e. The van der Waals surface area contributed by atoms with E-state index >= 15 is 0 Å². The van der Waals surface area contributed by atoms with Crippen LogP contribution >= 0.6 is 0 Å².